The van der Waals surface area contributed by atoms with Gasteiger partial charge in [-0.2, -0.15) is 0 Å². The standard InChI is InChI=1S/C17H18O3/c1-12-3-2-4-14(7-12)15(10-18)8-13-5-6-16-17(9-13)20-11-19-16/h2-7,9,15,18H,8,10-11H2,1H3. The first-order valence-electron chi connectivity index (χ1n) is 6.82. The Bertz CT molecular complexity index is 607. The molecule has 0 aliphatic carbocycles. The molecule has 104 valence electrons. The molecule has 0 amide bonds. The Morgan fingerprint density at radius 1 is 1.10 bits per heavy atom. The fraction of sp³-hybridized carbons (Fsp3) is 0.294. The molecule has 1 heterocycles. The fourth-order valence-corrected chi connectivity index (χ4v) is 2.56. The topological polar surface area (TPSA) is 38.7 Å². The van der Waals surface area contributed by atoms with Gasteiger partial charge < -0.3 is 14.6 Å². The zero-order chi connectivity index (χ0) is 13.9. The summed E-state index contributed by atoms with van der Waals surface area (Å²) in [5.41, 5.74) is 3.53. The minimum atomic E-state index is 0.107. The highest BCUT2D eigenvalue weighted by Gasteiger charge is 2.16. The summed E-state index contributed by atoms with van der Waals surface area (Å²) in [6.45, 7) is 2.50. The van der Waals surface area contributed by atoms with Gasteiger partial charge in [-0.15, -0.1) is 0 Å². The second kappa shape index (κ2) is 5.55. The van der Waals surface area contributed by atoms with E-state index >= 15 is 0 Å². The SMILES string of the molecule is Cc1cccc(C(CO)Cc2ccc3c(c2)OCO3)c1. The van der Waals surface area contributed by atoms with Crippen molar-refractivity contribution in [3.8, 4) is 11.5 Å². The van der Waals surface area contributed by atoms with Gasteiger partial charge in [0, 0.05) is 5.92 Å². The first kappa shape index (κ1) is 13.0. The first-order valence-corrected chi connectivity index (χ1v) is 6.82. The molecule has 1 aliphatic rings. The number of hydrogen-bond donors (Lipinski definition) is 1. The Hall–Kier alpha value is -2.00. The van der Waals surface area contributed by atoms with Gasteiger partial charge in [-0.1, -0.05) is 35.9 Å². The van der Waals surface area contributed by atoms with Crippen molar-refractivity contribution in [2.24, 2.45) is 0 Å². The van der Waals surface area contributed by atoms with Gasteiger partial charge in [-0.3, -0.25) is 0 Å². The number of aryl methyl sites for hydroxylation is 1. The van der Waals surface area contributed by atoms with Gasteiger partial charge in [-0.25, -0.2) is 0 Å². The Morgan fingerprint density at radius 3 is 2.75 bits per heavy atom. The second-order valence-electron chi connectivity index (χ2n) is 5.19. The average molecular weight is 270 g/mol. The summed E-state index contributed by atoms with van der Waals surface area (Å²) >= 11 is 0. The molecule has 1 aliphatic heterocycles. The van der Waals surface area contributed by atoms with E-state index in [-0.39, 0.29) is 12.5 Å². The molecule has 0 aromatic heterocycles. The van der Waals surface area contributed by atoms with Crippen LogP contribution >= 0.6 is 0 Å². The predicted octanol–water partition coefficient (Wildman–Crippen LogP) is 3.04. The number of rotatable bonds is 4. The summed E-state index contributed by atoms with van der Waals surface area (Å²) in [5, 5.41) is 9.67. The van der Waals surface area contributed by atoms with Crippen molar-refractivity contribution in [1.29, 1.82) is 0 Å². The molecule has 0 radical (unpaired) electrons. The molecular weight excluding hydrogens is 252 g/mol. The highest BCUT2D eigenvalue weighted by Crippen LogP contribution is 2.34. The largest absolute Gasteiger partial charge is 0.454 e. The lowest BCUT2D eigenvalue weighted by atomic mass is 9.91. The minimum Gasteiger partial charge on any atom is -0.454 e. The van der Waals surface area contributed by atoms with Gasteiger partial charge >= 0.3 is 0 Å². The normalized spacial score (nSPS) is 14.3. The molecule has 0 fully saturated rings. The van der Waals surface area contributed by atoms with Crippen LogP contribution in [0.25, 0.3) is 0 Å². The molecule has 0 spiro atoms. The lowest BCUT2D eigenvalue weighted by molar-refractivity contribution is 0.174. The molecule has 0 saturated heterocycles. The Balaban J connectivity index is 1.81. The number of ether oxygens (including phenoxy) is 2. The molecule has 0 saturated carbocycles. The Kier molecular flexibility index (Phi) is 3.61. The van der Waals surface area contributed by atoms with Gasteiger partial charge in [0.2, 0.25) is 6.79 Å². The molecule has 20 heavy (non-hydrogen) atoms. The van der Waals surface area contributed by atoms with Crippen molar-refractivity contribution in [1.82, 2.24) is 0 Å². The lowest BCUT2D eigenvalue weighted by Gasteiger charge is -2.15. The van der Waals surface area contributed by atoms with E-state index < -0.39 is 0 Å². The maximum absolute atomic E-state index is 9.67. The van der Waals surface area contributed by atoms with Crippen LogP contribution in [-0.2, 0) is 6.42 Å². The maximum atomic E-state index is 9.67. The van der Waals surface area contributed by atoms with E-state index in [4.69, 9.17) is 9.47 Å². The van der Waals surface area contributed by atoms with Crippen LogP contribution in [0.15, 0.2) is 42.5 Å². The molecule has 2 aromatic carbocycles. The molecule has 1 atom stereocenters. The van der Waals surface area contributed by atoms with Crippen LogP contribution in [0.1, 0.15) is 22.6 Å². The fourth-order valence-electron chi connectivity index (χ4n) is 2.56. The van der Waals surface area contributed by atoms with Crippen LogP contribution in [-0.4, -0.2) is 18.5 Å². The zero-order valence-corrected chi connectivity index (χ0v) is 11.5. The van der Waals surface area contributed by atoms with Gasteiger partial charge in [0.15, 0.2) is 11.5 Å². The van der Waals surface area contributed by atoms with E-state index in [0.717, 1.165) is 23.5 Å². The maximum Gasteiger partial charge on any atom is 0.231 e. The number of fused-ring (bicyclic) bond motifs is 1. The van der Waals surface area contributed by atoms with Crippen molar-refractivity contribution in [3.05, 3.63) is 59.2 Å². The van der Waals surface area contributed by atoms with Gasteiger partial charge in [-0.05, 0) is 36.6 Å². The van der Waals surface area contributed by atoms with Crippen molar-refractivity contribution in [3.63, 3.8) is 0 Å². The summed E-state index contributed by atoms with van der Waals surface area (Å²) in [6, 6.07) is 14.3. The van der Waals surface area contributed by atoms with Gasteiger partial charge in [0.05, 0.1) is 6.61 Å². The summed E-state index contributed by atoms with van der Waals surface area (Å²) in [4.78, 5) is 0. The van der Waals surface area contributed by atoms with E-state index in [1.807, 2.05) is 24.3 Å². The van der Waals surface area contributed by atoms with Crippen LogP contribution in [0.2, 0.25) is 0 Å². The Morgan fingerprint density at radius 2 is 1.95 bits per heavy atom. The van der Waals surface area contributed by atoms with Crippen molar-refractivity contribution in [2.75, 3.05) is 13.4 Å². The first-order chi connectivity index (χ1) is 9.76. The van der Waals surface area contributed by atoms with Crippen LogP contribution < -0.4 is 9.47 Å². The van der Waals surface area contributed by atoms with E-state index in [9.17, 15) is 5.11 Å². The molecule has 3 rings (SSSR count). The molecule has 0 bridgehead atoms. The number of benzene rings is 2. The number of aliphatic hydroxyl groups is 1. The minimum absolute atomic E-state index is 0.107. The number of aliphatic hydroxyl groups excluding tert-OH is 1. The zero-order valence-electron chi connectivity index (χ0n) is 11.5. The third-order valence-corrected chi connectivity index (χ3v) is 3.65. The van der Waals surface area contributed by atoms with E-state index in [2.05, 4.69) is 25.1 Å². The monoisotopic (exact) mass is 270 g/mol. The van der Waals surface area contributed by atoms with Crippen molar-refractivity contribution >= 4 is 0 Å². The summed E-state index contributed by atoms with van der Waals surface area (Å²) < 4.78 is 10.7. The second-order valence-corrected chi connectivity index (χ2v) is 5.19. The highest BCUT2D eigenvalue weighted by molar-refractivity contribution is 5.45. The van der Waals surface area contributed by atoms with Crippen molar-refractivity contribution in [2.45, 2.75) is 19.3 Å². The number of hydrogen-bond acceptors (Lipinski definition) is 3. The van der Waals surface area contributed by atoms with Crippen LogP contribution in [0.3, 0.4) is 0 Å². The van der Waals surface area contributed by atoms with Crippen LogP contribution in [0, 0.1) is 6.92 Å². The molecular formula is C17H18O3. The quantitative estimate of drug-likeness (QED) is 0.928. The smallest absolute Gasteiger partial charge is 0.231 e. The van der Waals surface area contributed by atoms with E-state index in [0.29, 0.717) is 6.79 Å². The van der Waals surface area contributed by atoms with Crippen LogP contribution in [0.4, 0.5) is 0 Å². The molecule has 3 heteroatoms. The highest BCUT2D eigenvalue weighted by atomic mass is 16.7. The lowest BCUT2D eigenvalue weighted by Crippen LogP contribution is -2.08. The Labute approximate surface area is 118 Å². The third-order valence-electron chi connectivity index (χ3n) is 3.65. The molecule has 2 aromatic rings. The molecule has 3 nitrogen and oxygen atoms in total. The summed E-state index contributed by atoms with van der Waals surface area (Å²) in [5.74, 6) is 1.70. The van der Waals surface area contributed by atoms with Gasteiger partial charge in [0.25, 0.3) is 0 Å². The van der Waals surface area contributed by atoms with E-state index in [1.54, 1.807) is 0 Å². The summed E-state index contributed by atoms with van der Waals surface area (Å²) in [7, 11) is 0. The van der Waals surface area contributed by atoms with E-state index in [1.165, 1.54) is 11.1 Å². The molecule has 1 N–H and O–H groups in total. The summed E-state index contributed by atoms with van der Waals surface area (Å²) in [6.07, 6.45) is 0.788. The van der Waals surface area contributed by atoms with Crippen LogP contribution in [0.5, 0.6) is 11.5 Å². The third kappa shape index (κ3) is 2.63. The predicted molar refractivity (Wildman–Crippen MR) is 77.3 cm³/mol. The molecule has 1 unspecified atom stereocenters. The van der Waals surface area contributed by atoms with Crippen molar-refractivity contribution < 1.29 is 14.6 Å². The van der Waals surface area contributed by atoms with Gasteiger partial charge in [0.1, 0.15) is 0 Å². The average Bonchev–Trinajstić information content (AvgIpc) is 2.92.